The molecule has 30 heavy (non-hydrogen) atoms. The Balaban J connectivity index is 1.42. The van der Waals surface area contributed by atoms with Crippen LogP contribution in [0.25, 0.3) is 5.69 Å². The number of methoxy groups -OCH3 is 1. The lowest BCUT2D eigenvalue weighted by Gasteiger charge is -2.07. The Morgan fingerprint density at radius 3 is 2.60 bits per heavy atom. The average molecular weight is 401 g/mol. The summed E-state index contributed by atoms with van der Waals surface area (Å²) in [5.41, 5.74) is 5.21. The summed E-state index contributed by atoms with van der Waals surface area (Å²) in [5.74, 6) is 0.618. The maximum Gasteiger partial charge on any atom is 0.255 e. The van der Waals surface area contributed by atoms with Crippen molar-refractivity contribution < 1.29 is 9.53 Å². The zero-order valence-electron chi connectivity index (χ0n) is 17.2. The molecule has 0 atom stereocenters. The molecule has 0 aliphatic heterocycles. The van der Waals surface area contributed by atoms with E-state index in [1.807, 2.05) is 67.2 Å². The van der Waals surface area contributed by atoms with Gasteiger partial charge >= 0.3 is 0 Å². The summed E-state index contributed by atoms with van der Waals surface area (Å²) in [4.78, 5) is 12.6. The fourth-order valence-electron chi connectivity index (χ4n) is 3.32. The number of carbonyl (C=O) groups excluding carboxylic acids is 1. The van der Waals surface area contributed by atoms with Gasteiger partial charge in [-0.05, 0) is 61.9 Å². The Kier molecular flexibility index (Phi) is 5.34. The normalized spacial score (nSPS) is 10.8. The minimum Gasteiger partial charge on any atom is -0.497 e. The van der Waals surface area contributed by atoms with E-state index < -0.39 is 0 Å². The van der Waals surface area contributed by atoms with E-state index >= 15 is 0 Å². The molecular formula is C23H23N5O2. The molecular weight excluding hydrogens is 378 g/mol. The summed E-state index contributed by atoms with van der Waals surface area (Å²) in [6.45, 7) is 4.55. The van der Waals surface area contributed by atoms with E-state index in [2.05, 4.69) is 15.5 Å². The molecule has 1 amide bonds. The molecule has 152 valence electrons. The van der Waals surface area contributed by atoms with Gasteiger partial charge in [-0.2, -0.15) is 10.2 Å². The maximum absolute atomic E-state index is 12.6. The Labute approximate surface area is 174 Å². The van der Waals surface area contributed by atoms with Gasteiger partial charge in [-0.25, -0.2) is 4.68 Å². The van der Waals surface area contributed by atoms with Crippen LogP contribution in [0, 0.1) is 13.8 Å². The average Bonchev–Trinajstić information content (AvgIpc) is 3.33. The molecule has 0 aliphatic carbocycles. The van der Waals surface area contributed by atoms with Gasteiger partial charge in [0.15, 0.2) is 0 Å². The lowest BCUT2D eigenvalue weighted by atomic mass is 10.2. The number of amides is 1. The van der Waals surface area contributed by atoms with Crippen molar-refractivity contribution in [2.75, 3.05) is 12.4 Å². The highest BCUT2D eigenvalue weighted by Gasteiger charge is 2.10. The highest BCUT2D eigenvalue weighted by molar-refractivity contribution is 6.04. The molecule has 0 unspecified atom stereocenters. The van der Waals surface area contributed by atoms with E-state index in [4.69, 9.17) is 4.74 Å². The third-order valence-corrected chi connectivity index (χ3v) is 4.75. The topological polar surface area (TPSA) is 74.0 Å². The van der Waals surface area contributed by atoms with E-state index in [1.54, 1.807) is 30.1 Å². The fourth-order valence-corrected chi connectivity index (χ4v) is 3.32. The van der Waals surface area contributed by atoms with Crippen LogP contribution in [0.15, 0.2) is 67.0 Å². The summed E-state index contributed by atoms with van der Waals surface area (Å²) in [6.07, 6.45) is 3.45. The van der Waals surface area contributed by atoms with Crippen LogP contribution < -0.4 is 10.1 Å². The molecule has 0 radical (unpaired) electrons. The lowest BCUT2D eigenvalue weighted by Crippen LogP contribution is -2.11. The predicted octanol–water partition coefficient (Wildman–Crippen LogP) is 3.99. The molecule has 7 heteroatoms. The van der Waals surface area contributed by atoms with Gasteiger partial charge in [0.1, 0.15) is 5.75 Å². The predicted molar refractivity (Wildman–Crippen MR) is 115 cm³/mol. The smallest absolute Gasteiger partial charge is 0.255 e. The van der Waals surface area contributed by atoms with Crippen molar-refractivity contribution in [2.45, 2.75) is 20.4 Å². The number of aryl methyl sites for hydroxylation is 2. The SMILES string of the molecule is COc1cccc(Cn2cc(NC(=O)c3ccc(-n4nc(C)cc4C)cc3)cn2)c1. The fraction of sp³-hybridized carbons (Fsp3) is 0.174. The number of benzene rings is 2. The Hall–Kier alpha value is -3.87. The Morgan fingerprint density at radius 1 is 1.10 bits per heavy atom. The van der Waals surface area contributed by atoms with Crippen LogP contribution in [0.5, 0.6) is 5.75 Å². The zero-order chi connectivity index (χ0) is 21.1. The van der Waals surface area contributed by atoms with Crippen LogP contribution in [0.2, 0.25) is 0 Å². The van der Waals surface area contributed by atoms with Gasteiger partial charge in [-0.15, -0.1) is 0 Å². The summed E-state index contributed by atoms with van der Waals surface area (Å²) < 4.78 is 8.89. The van der Waals surface area contributed by atoms with Crippen LogP contribution in [-0.2, 0) is 6.54 Å². The molecule has 0 saturated carbocycles. The second kappa shape index (κ2) is 8.24. The van der Waals surface area contributed by atoms with Gasteiger partial charge in [0, 0.05) is 17.5 Å². The van der Waals surface area contributed by atoms with Crippen molar-refractivity contribution in [2.24, 2.45) is 0 Å². The van der Waals surface area contributed by atoms with Gasteiger partial charge in [0.2, 0.25) is 0 Å². The zero-order valence-corrected chi connectivity index (χ0v) is 17.2. The number of aromatic nitrogens is 4. The number of hydrogen-bond donors (Lipinski definition) is 1. The molecule has 0 saturated heterocycles. The van der Waals surface area contributed by atoms with Crippen molar-refractivity contribution in [1.82, 2.24) is 19.6 Å². The van der Waals surface area contributed by atoms with Crippen LogP contribution in [-0.4, -0.2) is 32.6 Å². The minimum absolute atomic E-state index is 0.184. The number of nitrogens with one attached hydrogen (secondary N) is 1. The summed E-state index contributed by atoms with van der Waals surface area (Å²) in [6, 6.07) is 17.2. The third kappa shape index (κ3) is 4.25. The quantitative estimate of drug-likeness (QED) is 0.530. The Morgan fingerprint density at radius 2 is 1.90 bits per heavy atom. The van der Waals surface area contributed by atoms with Crippen molar-refractivity contribution in [1.29, 1.82) is 0 Å². The molecule has 0 spiro atoms. The van der Waals surface area contributed by atoms with Crippen molar-refractivity contribution >= 4 is 11.6 Å². The molecule has 2 aromatic carbocycles. The highest BCUT2D eigenvalue weighted by atomic mass is 16.5. The van der Waals surface area contributed by atoms with Gasteiger partial charge in [-0.1, -0.05) is 12.1 Å². The monoisotopic (exact) mass is 401 g/mol. The molecule has 4 aromatic rings. The van der Waals surface area contributed by atoms with Crippen molar-refractivity contribution in [3.8, 4) is 11.4 Å². The van der Waals surface area contributed by atoms with E-state index in [1.165, 1.54) is 0 Å². The van der Waals surface area contributed by atoms with E-state index in [0.29, 0.717) is 17.8 Å². The molecule has 2 heterocycles. The van der Waals surface area contributed by atoms with Crippen LogP contribution in [0.1, 0.15) is 27.3 Å². The van der Waals surface area contributed by atoms with E-state index in [-0.39, 0.29) is 5.91 Å². The van der Waals surface area contributed by atoms with Crippen LogP contribution in [0.3, 0.4) is 0 Å². The molecule has 7 nitrogen and oxygen atoms in total. The molecule has 2 aromatic heterocycles. The number of carbonyl (C=O) groups is 1. The van der Waals surface area contributed by atoms with Crippen molar-refractivity contribution in [3.05, 3.63) is 89.5 Å². The number of rotatable bonds is 6. The van der Waals surface area contributed by atoms with Gasteiger partial charge in [0.05, 0.1) is 36.9 Å². The van der Waals surface area contributed by atoms with Gasteiger partial charge < -0.3 is 10.1 Å². The number of anilines is 1. The third-order valence-electron chi connectivity index (χ3n) is 4.75. The molecule has 0 bridgehead atoms. The highest BCUT2D eigenvalue weighted by Crippen LogP contribution is 2.16. The Bertz CT molecular complexity index is 1170. The van der Waals surface area contributed by atoms with E-state index in [9.17, 15) is 4.79 Å². The number of hydrogen-bond acceptors (Lipinski definition) is 4. The van der Waals surface area contributed by atoms with Crippen molar-refractivity contribution in [3.63, 3.8) is 0 Å². The first kappa shape index (κ1) is 19.4. The summed E-state index contributed by atoms with van der Waals surface area (Å²) in [5, 5.41) is 11.7. The van der Waals surface area contributed by atoms with E-state index in [0.717, 1.165) is 28.4 Å². The summed E-state index contributed by atoms with van der Waals surface area (Å²) >= 11 is 0. The van der Waals surface area contributed by atoms with Crippen LogP contribution >= 0.6 is 0 Å². The maximum atomic E-state index is 12.6. The molecule has 1 N–H and O–H groups in total. The first-order chi connectivity index (χ1) is 14.5. The molecule has 4 rings (SSSR count). The summed E-state index contributed by atoms with van der Waals surface area (Å²) in [7, 11) is 1.64. The standard InChI is InChI=1S/C23H23N5O2/c1-16-11-17(2)28(26-16)21-9-7-19(8-10-21)23(29)25-20-13-24-27(15-20)14-18-5-4-6-22(12-18)30-3/h4-13,15H,14H2,1-3H3,(H,25,29). The van der Waals surface area contributed by atoms with Crippen LogP contribution in [0.4, 0.5) is 5.69 Å². The molecule has 0 aliphatic rings. The first-order valence-corrected chi connectivity index (χ1v) is 9.62. The van der Waals surface area contributed by atoms with Gasteiger partial charge in [-0.3, -0.25) is 9.48 Å². The number of nitrogens with zero attached hydrogens (tertiary/aromatic N) is 4. The minimum atomic E-state index is -0.184. The largest absolute Gasteiger partial charge is 0.497 e. The lowest BCUT2D eigenvalue weighted by molar-refractivity contribution is 0.102. The second-order valence-electron chi connectivity index (χ2n) is 7.12. The molecule has 0 fully saturated rings. The van der Waals surface area contributed by atoms with Gasteiger partial charge in [0.25, 0.3) is 5.91 Å². The first-order valence-electron chi connectivity index (χ1n) is 9.62. The second-order valence-corrected chi connectivity index (χ2v) is 7.12. The number of ether oxygens (including phenoxy) is 1.